The van der Waals surface area contributed by atoms with E-state index in [9.17, 15) is 13.8 Å². The van der Waals surface area contributed by atoms with Crippen LogP contribution in [0.15, 0.2) is 0 Å². The topological polar surface area (TPSA) is 86.7 Å². The minimum atomic E-state index is -0.927. The van der Waals surface area contributed by atoms with E-state index >= 15 is 0 Å². The van der Waals surface area contributed by atoms with Gasteiger partial charge in [-0.1, -0.05) is 0 Å². The van der Waals surface area contributed by atoms with E-state index in [1.165, 1.54) is 0 Å². The molecule has 0 aliphatic carbocycles. The van der Waals surface area contributed by atoms with Gasteiger partial charge in [-0.05, 0) is 19.3 Å². The summed E-state index contributed by atoms with van der Waals surface area (Å²) in [6.07, 6.45) is 3.82. The van der Waals surface area contributed by atoms with E-state index in [4.69, 9.17) is 5.11 Å². The lowest BCUT2D eigenvalue weighted by Gasteiger charge is -2.23. The van der Waals surface area contributed by atoms with Gasteiger partial charge in [0.1, 0.15) is 0 Å². The highest BCUT2D eigenvalue weighted by Crippen LogP contribution is 2.41. The van der Waals surface area contributed by atoms with Gasteiger partial charge in [-0.3, -0.25) is 9.00 Å². The molecule has 2 aliphatic rings. The number of urea groups is 1. The van der Waals surface area contributed by atoms with E-state index in [-0.39, 0.29) is 18.1 Å². The number of rotatable bonds is 4. The predicted octanol–water partition coefficient (Wildman–Crippen LogP) is 0.0120. The predicted molar refractivity (Wildman–Crippen MR) is 66.7 cm³/mol. The number of carbonyl (C=O) groups is 2. The van der Waals surface area contributed by atoms with Crippen molar-refractivity contribution in [3.63, 3.8) is 0 Å². The van der Waals surface area contributed by atoms with Gasteiger partial charge in [-0.2, -0.15) is 0 Å². The first-order valence-corrected chi connectivity index (χ1v) is 7.82. The van der Waals surface area contributed by atoms with E-state index in [0.29, 0.717) is 18.7 Å². The molecule has 0 saturated carbocycles. The minimum absolute atomic E-state index is 0.0585. The first kappa shape index (κ1) is 13.3. The quantitative estimate of drug-likeness (QED) is 0.756. The van der Waals surface area contributed by atoms with Gasteiger partial charge >= 0.3 is 12.0 Å². The smallest absolute Gasteiger partial charge is 0.317 e. The molecular weight excluding hydrogens is 256 g/mol. The molecule has 2 amide bonds. The molecule has 2 aliphatic heterocycles. The number of aliphatic carboxylic acids is 1. The Hall–Kier alpha value is -1.11. The molecule has 2 N–H and O–H groups in total. The first-order valence-electron chi connectivity index (χ1n) is 6.09. The number of carboxylic acids is 1. The third-order valence-electron chi connectivity index (χ3n) is 3.75. The Morgan fingerprint density at radius 1 is 1.44 bits per heavy atom. The molecule has 0 radical (unpaired) electrons. The van der Waals surface area contributed by atoms with Gasteiger partial charge < -0.3 is 15.3 Å². The van der Waals surface area contributed by atoms with Crippen LogP contribution in [-0.2, 0) is 15.6 Å². The Balaban J connectivity index is 1.91. The first-order chi connectivity index (χ1) is 8.50. The molecule has 2 saturated heterocycles. The van der Waals surface area contributed by atoms with E-state index in [0.717, 1.165) is 12.8 Å². The Morgan fingerprint density at radius 3 is 2.72 bits per heavy atom. The summed E-state index contributed by atoms with van der Waals surface area (Å²) in [4.78, 5) is 24.7. The monoisotopic (exact) mass is 274 g/mol. The van der Waals surface area contributed by atoms with Gasteiger partial charge in [0.25, 0.3) is 0 Å². The summed E-state index contributed by atoms with van der Waals surface area (Å²) in [7, 11) is -0.927. The van der Waals surface area contributed by atoms with E-state index in [1.54, 1.807) is 11.2 Å². The average Bonchev–Trinajstić information content (AvgIpc) is 2.85. The molecule has 4 atom stereocenters. The lowest BCUT2D eigenvalue weighted by molar-refractivity contribution is -0.142. The lowest BCUT2D eigenvalue weighted by Crippen LogP contribution is -2.45. The van der Waals surface area contributed by atoms with Crippen LogP contribution >= 0.6 is 0 Å². The van der Waals surface area contributed by atoms with E-state index < -0.39 is 22.7 Å². The Bertz CT molecular complexity index is 387. The zero-order valence-corrected chi connectivity index (χ0v) is 11.1. The van der Waals surface area contributed by atoms with Gasteiger partial charge in [0.15, 0.2) is 0 Å². The molecule has 4 unspecified atom stereocenters. The van der Waals surface area contributed by atoms with Crippen molar-refractivity contribution in [1.29, 1.82) is 0 Å². The van der Waals surface area contributed by atoms with Crippen LogP contribution in [0.4, 0.5) is 4.79 Å². The van der Waals surface area contributed by atoms with Crippen LogP contribution in [0.5, 0.6) is 0 Å². The number of nitrogens with one attached hydrogen (secondary N) is 1. The second-order valence-electron chi connectivity index (χ2n) is 4.90. The second kappa shape index (κ2) is 5.26. The van der Waals surface area contributed by atoms with Crippen LogP contribution in [0.3, 0.4) is 0 Å². The number of nitrogens with zero attached hydrogens (tertiary/aromatic N) is 1. The molecule has 2 fully saturated rings. The highest BCUT2D eigenvalue weighted by Gasteiger charge is 2.51. The van der Waals surface area contributed by atoms with Crippen LogP contribution in [0.1, 0.15) is 19.3 Å². The van der Waals surface area contributed by atoms with Gasteiger partial charge in [-0.25, -0.2) is 4.79 Å². The van der Waals surface area contributed by atoms with Gasteiger partial charge in [0.05, 0.1) is 5.92 Å². The molecule has 2 rings (SSSR count). The molecule has 0 aromatic heterocycles. The maximum absolute atomic E-state index is 12.0. The van der Waals surface area contributed by atoms with Crippen molar-refractivity contribution in [1.82, 2.24) is 10.2 Å². The van der Waals surface area contributed by atoms with Gasteiger partial charge in [0.2, 0.25) is 0 Å². The molecular formula is C11H18N2O4S. The Labute approximate surface area is 108 Å². The van der Waals surface area contributed by atoms with E-state index in [1.807, 2.05) is 0 Å². The Kier molecular flexibility index (Phi) is 3.89. The van der Waals surface area contributed by atoms with Crippen LogP contribution in [-0.4, -0.2) is 56.9 Å². The summed E-state index contributed by atoms with van der Waals surface area (Å²) < 4.78 is 10.9. The van der Waals surface area contributed by atoms with Crippen molar-refractivity contribution in [2.75, 3.05) is 18.6 Å². The van der Waals surface area contributed by atoms with Crippen LogP contribution in [0.25, 0.3) is 0 Å². The standard InChI is InChI=1S/C11H18N2O4S/c1-18(17)5-4-12-11(16)13-7-2-3-9(13)8(6-7)10(14)15/h7-9H,2-6H2,1H3,(H,12,16)(H,14,15). The number of carbonyl (C=O) groups excluding carboxylic acids is 1. The normalized spacial score (nSPS) is 31.4. The maximum atomic E-state index is 12.0. The lowest BCUT2D eigenvalue weighted by atomic mass is 9.89. The van der Waals surface area contributed by atoms with Crippen LogP contribution in [0, 0.1) is 5.92 Å². The van der Waals surface area contributed by atoms with Crippen molar-refractivity contribution in [3.8, 4) is 0 Å². The number of hydrogen-bond donors (Lipinski definition) is 2. The third-order valence-corrected chi connectivity index (χ3v) is 4.53. The van der Waals surface area contributed by atoms with Crippen molar-refractivity contribution >= 4 is 22.8 Å². The molecule has 0 aromatic carbocycles. The number of hydrogen-bond acceptors (Lipinski definition) is 3. The third kappa shape index (κ3) is 2.50. The highest BCUT2D eigenvalue weighted by molar-refractivity contribution is 7.84. The summed E-state index contributed by atoms with van der Waals surface area (Å²) in [6.45, 7) is 0.371. The summed E-state index contributed by atoms with van der Waals surface area (Å²) in [5.41, 5.74) is 0. The Morgan fingerprint density at radius 2 is 2.17 bits per heavy atom. The van der Waals surface area contributed by atoms with Crippen LogP contribution < -0.4 is 5.32 Å². The highest BCUT2D eigenvalue weighted by atomic mass is 32.2. The van der Waals surface area contributed by atoms with Gasteiger partial charge in [-0.15, -0.1) is 0 Å². The molecule has 102 valence electrons. The minimum Gasteiger partial charge on any atom is -0.481 e. The van der Waals surface area contributed by atoms with Crippen molar-refractivity contribution in [2.45, 2.75) is 31.3 Å². The molecule has 6 nitrogen and oxygen atoms in total. The molecule has 18 heavy (non-hydrogen) atoms. The fourth-order valence-corrected chi connectivity index (χ4v) is 3.35. The molecule has 0 aromatic rings. The summed E-state index contributed by atoms with van der Waals surface area (Å²) >= 11 is 0. The number of carboxylic acid groups (broad SMARTS) is 1. The largest absolute Gasteiger partial charge is 0.481 e. The molecule has 2 bridgehead atoms. The second-order valence-corrected chi connectivity index (χ2v) is 6.45. The number of fused-ring (bicyclic) bond motifs is 2. The molecule has 0 spiro atoms. The molecule has 7 heteroatoms. The SMILES string of the molecule is CS(=O)CCNC(=O)N1C2CCC1C(C(=O)O)C2. The molecule has 2 heterocycles. The fraction of sp³-hybridized carbons (Fsp3) is 0.818. The summed E-state index contributed by atoms with van der Waals surface area (Å²) in [5, 5.41) is 11.8. The zero-order valence-electron chi connectivity index (χ0n) is 10.3. The maximum Gasteiger partial charge on any atom is 0.317 e. The zero-order chi connectivity index (χ0) is 13.3. The van der Waals surface area contributed by atoms with Crippen molar-refractivity contribution in [3.05, 3.63) is 0 Å². The van der Waals surface area contributed by atoms with Crippen LogP contribution in [0.2, 0.25) is 0 Å². The fourth-order valence-electron chi connectivity index (χ4n) is 2.96. The number of amides is 2. The van der Waals surface area contributed by atoms with Gasteiger partial charge in [0, 0.05) is 41.4 Å². The summed E-state index contributed by atoms with van der Waals surface area (Å²) in [6, 6.07) is -0.320. The summed E-state index contributed by atoms with van der Waals surface area (Å²) in [5.74, 6) is -0.804. The van der Waals surface area contributed by atoms with Crippen molar-refractivity contribution in [2.24, 2.45) is 5.92 Å². The van der Waals surface area contributed by atoms with E-state index in [2.05, 4.69) is 5.32 Å². The average molecular weight is 274 g/mol. The van der Waals surface area contributed by atoms with Crippen molar-refractivity contribution < 1.29 is 18.9 Å².